The number of carbonyl (C=O) groups is 3. The van der Waals surface area contributed by atoms with E-state index in [1.54, 1.807) is 0 Å². The van der Waals surface area contributed by atoms with E-state index in [2.05, 4.69) is 13.8 Å². The first-order valence-electron chi connectivity index (χ1n) is 10.5. The molecule has 0 spiro atoms. The summed E-state index contributed by atoms with van der Waals surface area (Å²) in [4.78, 5) is 36.5. The summed E-state index contributed by atoms with van der Waals surface area (Å²) >= 11 is 0. The highest BCUT2D eigenvalue weighted by molar-refractivity contribution is 5.88. The van der Waals surface area contributed by atoms with Crippen LogP contribution in [-0.2, 0) is 23.9 Å². The summed E-state index contributed by atoms with van der Waals surface area (Å²) in [6.45, 7) is 7.45. The zero-order valence-electron chi connectivity index (χ0n) is 17.0. The van der Waals surface area contributed by atoms with Crippen LogP contribution in [0.3, 0.4) is 0 Å². The molecule has 27 heavy (non-hydrogen) atoms. The molecule has 4 fully saturated rings. The van der Waals surface area contributed by atoms with Crippen molar-refractivity contribution < 1.29 is 23.9 Å². The van der Waals surface area contributed by atoms with Gasteiger partial charge in [0.2, 0.25) is 0 Å². The van der Waals surface area contributed by atoms with Crippen LogP contribution in [0.25, 0.3) is 0 Å². The van der Waals surface area contributed by atoms with E-state index in [9.17, 15) is 14.4 Å². The third-order valence-electron chi connectivity index (χ3n) is 8.64. The predicted octanol–water partition coefficient (Wildman–Crippen LogP) is 3.68. The van der Waals surface area contributed by atoms with Crippen molar-refractivity contribution in [3.8, 4) is 0 Å². The predicted molar refractivity (Wildman–Crippen MR) is 98.6 cm³/mol. The van der Waals surface area contributed by atoms with Gasteiger partial charge in [0, 0.05) is 31.1 Å². The molecule has 0 aliphatic heterocycles. The van der Waals surface area contributed by atoms with Crippen LogP contribution < -0.4 is 0 Å². The van der Waals surface area contributed by atoms with Crippen molar-refractivity contribution in [1.82, 2.24) is 0 Å². The van der Waals surface area contributed by atoms with Gasteiger partial charge in [-0.3, -0.25) is 14.4 Å². The Morgan fingerprint density at radius 1 is 0.889 bits per heavy atom. The summed E-state index contributed by atoms with van der Waals surface area (Å²) in [5, 5.41) is 0. The fraction of sp³-hybridized carbons (Fsp3) is 0.864. The van der Waals surface area contributed by atoms with Gasteiger partial charge in [-0.25, -0.2) is 0 Å². The van der Waals surface area contributed by atoms with Gasteiger partial charge in [0.1, 0.15) is 18.0 Å². The van der Waals surface area contributed by atoms with E-state index < -0.39 is 0 Å². The van der Waals surface area contributed by atoms with Crippen molar-refractivity contribution >= 4 is 17.7 Å². The van der Waals surface area contributed by atoms with E-state index in [1.807, 2.05) is 0 Å². The monoisotopic (exact) mass is 376 g/mol. The van der Waals surface area contributed by atoms with Crippen molar-refractivity contribution in [2.75, 3.05) is 0 Å². The Kier molecular flexibility index (Phi) is 4.43. The van der Waals surface area contributed by atoms with Crippen molar-refractivity contribution in [2.24, 2.45) is 34.5 Å². The van der Waals surface area contributed by atoms with Crippen LogP contribution in [0.2, 0.25) is 0 Å². The number of hydrogen-bond donors (Lipinski definition) is 0. The molecule has 0 saturated heterocycles. The Hall–Kier alpha value is -1.39. The van der Waals surface area contributed by atoms with Crippen molar-refractivity contribution in [2.45, 2.75) is 84.8 Å². The van der Waals surface area contributed by atoms with Gasteiger partial charge in [-0.1, -0.05) is 13.8 Å². The lowest BCUT2D eigenvalue weighted by molar-refractivity contribution is -0.156. The molecule has 4 aliphatic carbocycles. The average Bonchev–Trinajstić information content (AvgIpc) is 3.01. The van der Waals surface area contributed by atoms with E-state index >= 15 is 0 Å². The van der Waals surface area contributed by atoms with Crippen LogP contribution in [0.5, 0.6) is 0 Å². The second kappa shape index (κ2) is 6.31. The number of ketones is 1. The molecule has 8 atom stereocenters. The minimum absolute atomic E-state index is 0.000672. The van der Waals surface area contributed by atoms with Crippen LogP contribution >= 0.6 is 0 Å². The quantitative estimate of drug-likeness (QED) is 0.688. The van der Waals surface area contributed by atoms with Crippen molar-refractivity contribution in [1.29, 1.82) is 0 Å². The third-order valence-corrected chi connectivity index (χ3v) is 8.64. The van der Waals surface area contributed by atoms with Crippen LogP contribution in [0.4, 0.5) is 0 Å². The first-order chi connectivity index (χ1) is 12.7. The largest absolute Gasteiger partial charge is 0.463 e. The molecule has 0 heterocycles. The van der Waals surface area contributed by atoms with E-state index in [-0.39, 0.29) is 46.8 Å². The van der Waals surface area contributed by atoms with E-state index in [1.165, 1.54) is 13.8 Å². The summed E-state index contributed by atoms with van der Waals surface area (Å²) in [6.07, 6.45) is 6.23. The Morgan fingerprint density at radius 2 is 1.52 bits per heavy atom. The smallest absolute Gasteiger partial charge is 0.302 e. The number of ether oxygens (including phenoxy) is 2. The lowest BCUT2D eigenvalue weighted by atomic mass is 9.56. The van der Waals surface area contributed by atoms with Crippen LogP contribution in [-0.4, -0.2) is 29.9 Å². The maximum Gasteiger partial charge on any atom is 0.302 e. The van der Waals surface area contributed by atoms with Gasteiger partial charge in [-0.15, -0.1) is 0 Å². The fourth-order valence-corrected chi connectivity index (χ4v) is 7.38. The fourth-order valence-electron chi connectivity index (χ4n) is 7.38. The Morgan fingerprint density at radius 3 is 2.19 bits per heavy atom. The molecule has 0 unspecified atom stereocenters. The summed E-state index contributed by atoms with van der Waals surface area (Å²) < 4.78 is 11.1. The molecule has 0 N–H and O–H groups in total. The van der Waals surface area contributed by atoms with Crippen molar-refractivity contribution in [3.05, 3.63) is 0 Å². The summed E-state index contributed by atoms with van der Waals surface area (Å²) in [6, 6.07) is 0. The highest BCUT2D eigenvalue weighted by Gasteiger charge is 2.67. The Labute approximate surface area is 161 Å². The molecule has 0 aromatic carbocycles. The van der Waals surface area contributed by atoms with Crippen LogP contribution in [0, 0.1) is 34.5 Å². The van der Waals surface area contributed by atoms with Gasteiger partial charge in [0.15, 0.2) is 0 Å². The van der Waals surface area contributed by atoms with Gasteiger partial charge in [0.25, 0.3) is 0 Å². The maximum atomic E-state index is 13.6. The zero-order chi connectivity index (χ0) is 19.6. The number of esters is 2. The molecule has 0 radical (unpaired) electrons. The van der Waals surface area contributed by atoms with Gasteiger partial charge in [-0.2, -0.15) is 0 Å². The maximum absolute atomic E-state index is 13.6. The van der Waals surface area contributed by atoms with E-state index in [0.29, 0.717) is 24.0 Å². The molecular formula is C22H32O5. The molecule has 150 valence electrons. The molecule has 4 rings (SSSR count). The lowest BCUT2D eigenvalue weighted by Crippen LogP contribution is -2.46. The number of Topliss-reactive ketones (excluding diaryl/α,β-unsaturated/α-hetero) is 1. The molecule has 0 aromatic rings. The highest BCUT2D eigenvalue weighted by Crippen LogP contribution is 2.67. The minimum atomic E-state index is -0.251. The van der Waals surface area contributed by atoms with Crippen LogP contribution in [0.1, 0.15) is 72.6 Å². The van der Waals surface area contributed by atoms with Crippen molar-refractivity contribution in [3.63, 3.8) is 0 Å². The normalized spacial score (nSPS) is 48.4. The number of hydrogen-bond acceptors (Lipinski definition) is 5. The van der Waals surface area contributed by atoms with Crippen LogP contribution in [0.15, 0.2) is 0 Å². The molecule has 0 aromatic heterocycles. The number of fused-ring (bicyclic) bond motifs is 5. The summed E-state index contributed by atoms with van der Waals surface area (Å²) in [5.74, 6) is 0.727. The Balaban J connectivity index is 1.59. The molecule has 0 amide bonds. The molecule has 5 nitrogen and oxygen atoms in total. The summed E-state index contributed by atoms with van der Waals surface area (Å²) in [5.41, 5.74) is -0.0547. The molecular weight excluding hydrogens is 344 g/mol. The molecule has 4 saturated carbocycles. The minimum Gasteiger partial charge on any atom is -0.463 e. The average molecular weight is 376 g/mol. The molecule has 0 bridgehead atoms. The van der Waals surface area contributed by atoms with E-state index in [4.69, 9.17) is 9.47 Å². The Bertz CT molecular complexity index is 672. The molecule has 5 heteroatoms. The second-order valence-corrected chi connectivity index (χ2v) is 9.93. The zero-order valence-corrected chi connectivity index (χ0v) is 17.0. The van der Waals surface area contributed by atoms with Gasteiger partial charge in [-0.05, 0) is 62.2 Å². The summed E-state index contributed by atoms with van der Waals surface area (Å²) in [7, 11) is 0. The third kappa shape index (κ3) is 2.75. The van der Waals surface area contributed by atoms with Gasteiger partial charge >= 0.3 is 11.9 Å². The second-order valence-electron chi connectivity index (χ2n) is 9.93. The first-order valence-corrected chi connectivity index (χ1v) is 10.5. The topological polar surface area (TPSA) is 69.7 Å². The molecule has 4 aliphatic rings. The van der Waals surface area contributed by atoms with Gasteiger partial charge in [0.05, 0.1) is 0 Å². The number of rotatable bonds is 2. The first kappa shape index (κ1) is 18.9. The van der Waals surface area contributed by atoms with Gasteiger partial charge < -0.3 is 9.47 Å². The lowest BCUT2D eigenvalue weighted by Gasteiger charge is -2.49. The highest BCUT2D eigenvalue weighted by atomic mass is 16.5. The number of carbonyl (C=O) groups excluding carboxylic acids is 3. The van der Waals surface area contributed by atoms with E-state index in [0.717, 1.165) is 38.5 Å². The standard InChI is InChI=1S/C22H32O5/c1-12(23)26-14-7-9-21(3)16-8-10-22(4)15(5-6-18(22)27-13(2)24)19(16)20(25)17(21)11-14/h14-19H,5-11H2,1-4H3/t14-,15-,16-,17+,18-,19-,21+,22-/m0/s1. The SMILES string of the molecule is CC(=O)O[C@H]1CC[C@@]2(C)[C@H](C1)C(=O)[C@@H]1[C@@H]2CC[C@]2(C)[C@@H](OC(C)=O)CC[C@@H]12.